The summed E-state index contributed by atoms with van der Waals surface area (Å²) in [6.07, 6.45) is 2.47. The minimum absolute atomic E-state index is 0.245. The number of thioether (sulfide) groups is 1. The summed E-state index contributed by atoms with van der Waals surface area (Å²) in [6.45, 7) is 0.206. The highest BCUT2D eigenvalue weighted by atomic mass is 32.2. The van der Waals surface area contributed by atoms with Gasteiger partial charge in [0.1, 0.15) is 6.54 Å². The van der Waals surface area contributed by atoms with Gasteiger partial charge in [0.2, 0.25) is 5.91 Å². The molecule has 0 saturated carbocycles. The van der Waals surface area contributed by atoms with E-state index in [1.807, 2.05) is 6.26 Å². The Kier molecular flexibility index (Phi) is 8.83. The molecule has 0 aliphatic carbocycles. The number of aliphatic carboxylic acids is 1. The molecule has 6 nitrogen and oxygen atoms in total. The van der Waals surface area contributed by atoms with Crippen LogP contribution in [-0.4, -0.2) is 66.7 Å². The highest BCUT2D eigenvalue weighted by Gasteiger charge is 2.22. The van der Waals surface area contributed by atoms with Crippen molar-refractivity contribution in [3.63, 3.8) is 0 Å². The van der Waals surface area contributed by atoms with E-state index in [2.05, 4.69) is 0 Å². The first-order chi connectivity index (χ1) is 8.02. The van der Waals surface area contributed by atoms with Crippen molar-refractivity contribution >= 4 is 23.6 Å². The highest BCUT2D eigenvalue weighted by Crippen LogP contribution is 2.02. The molecule has 0 spiro atoms. The van der Waals surface area contributed by atoms with E-state index in [4.69, 9.17) is 15.6 Å². The van der Waals surface area contributed by atoms with E-state index in [1.54, 1.807) is 11.8 Å². The topological polar surface area (TPSA) is 92.9 Å². The lowest BCUT2D eigenvalue weighted by Gasteiger charge is -2.23. The SMILES string of the molecule is COCCN(CC(=O)O)C(=O)[C@H](N)CCSC. The van der Waals surface area contributed by atoms with Gasteiger partial charge in [-0.15, -0.1) is 0 Å². The number of amides is 1. The van der Waals surface area contributed by atoms with Crippen LogP contribution in [0, 0.1) is 0 Å². The van der Waals surface area contributed by atoms with Crippen LogP contribution in [0.3, 0.4) is 0 Å². The monoisotopic (exact) mass is 264 g/mol. The van der Waals surface area contributed by atoms with E-state index < -0.39 is 12.0 Å². The predicted octanol–water partition coefficient (Wildman–Crippen LogP) is -0.374. The Bertz CT molecular complexity index is 250. The number of carbonyl (C=O) groups excluding carboxylic acids is 1. The van der Waals surface area contributed by atoms with Crippen LogP contribution in [0.4, 0.5) is 0 Å². The third-order valence-corrected chi connectivity index (χ3v) is 2.80. The van der Waals surface area contributed by atoms with Gasteiger partial charge >= 0.3 is 5.97 Å². The Balaban J connectivity index is 4.33. The Morgan fingerprint density at radius 1 is 1.53 bits per heavy atom. The maximum Gasteiger partial charge on any atom is 0.323 e. The summed E-state index contributed by atoms with van der Waals surface area (Å²) in [5, 5.41) is 8.71. The number of carboxylic acid groups (broad SMARTS) is 1. The molecule has 100 valence electrons. The van der Waals surface area contributed by atoms with Gasteiger partial charge in [-0.05, 0) is 18.4 Å². The molecule has 0 bridgehead atoms. The predicted molar refractivity (Wildman–Crippen MR) is 67.1 cm³/mol. The summed E-state index contributed by atoms with van der Waals surface area (Å²) in [5.74, 6) is -0.608. The number of ether oxygens (including phenoxy) is 1. The molecule has 0 rings (SSSR count). The van der Waals surface area contributed by atoms with Gasteiger partial charge in [-0.3, -0.25) is 9.59 Å². The maximum atomic E-state index is 11.9. The normalized spacial score (nSPS) is 12.2. The van der Waals surface area contributed by atoms with Crippen LogP contribution in [0.2, 0.25) is 0 Å². The summed E-state index contributed by atoms with van der Waals surface area (Å²) >= 11 is 1.60. The number of methoxy groups -OCH3 is 1. The Morgan fingerprint density at radius 2 is 2.18 bits per heavy atom. The smallest absolute Gasteiger partial charge is 0.323 e. The third kappa shape index (κ3) is 7.19. The number of hydrogen-bond donors (Lipinski definition) is 2. The lowest BCUT2D eigenvalue weighted by atomic mass is 10.2. The van der Waals surface area contributed by atoms with E-state index in [-0.39, 0.29) is 19.0 Å². The lowest BCUT2D eigenvalue weighted by Crippen LogP contribution is -2.47. The molecule has 1 amide bonds. The molecule has 7 heteroatoms. The molecule has 0 aliphatic heterocycles. The average Bonchev–Trinajstić information content (AvgIpc) is 2.29. The van der Waals surface area contributed by atoms with Crippen LogP contribution in [0.1, 0.15) is 6.42 Å². The van der Waals surface area contributed by atoms with Gasteiger partial charge in [-0.1, -0.05) is 0 Å². The standard InChI is InChI=1S/C10H20N2O4S/c1-16-5-4-12(7-9(13)14)10(15)8(11)3-6-17-2/h8H,3-7,11H2,1-2H3,(H,13,14)/t8-/m1/s1. The van der Waals surface area contributed by atoms with Gasteiger partial charge in [0.15, 0.2) is 0 Å². The Labute approximate surface area is 105 Å². The Hall–Kier alpha value is -0.790. The summed E-state index contributed by atoms with van der Waals surface area (Å²) in [6, 6.07) is -0.640. The second-order valence-electron chi connectivity index (χ2n) is 3.53. The molecule has 0 radical (unpaired) electrons. The molecule has 0 fully saturated rings. The lowest BCUT2D eigenvalue weighted by molar-refractivity contribution is -0.145. The zero-order chi connectivity index (χ0) is 13.3. The second-order valence-corrected chi connectivity index (χ2v) is 4.52. The molecule has 1 atom stereocenters. The van der Waals surface area contributed by atoms with Crippen molar-refractivity contribution in [3.05, 3.63) is 0 Å². The fraction of sp³-hybridized carbons (Fsp3) is 0.800. The van der Waals surface area contributed by atoms with Gasteiger partial charge < -0.3 is 20.5 Å². The Morgan fingerprint density at radius 3 is 2.65 bits per heavy atom. The molecular weight excluding hydrogens is 244 g/mol. The van der Waals surface area contributed by atoms with Crippen LogP contribution < -0.4 is 5.73 Å². The molecule has 0 unspecified atom stereocenters. The van der Waals surface area contributed by atoms with E-state index in [9.17, 15) is 9.59 Å². The first kappa shape index (κ1) is 16.2. The summed E-state index contributed by atoms with van der Waals surface area (Å²) in [5.41, 5.74) is 5.71. The van der Waals surface area contributed by atoms with Crippen molar-refractivity contribution in [2.45, 2.75) is 12.5 Å². The van der Waals surface area contributed by atoms with E-state index in [1.165, 1.54) is 12.0 Å². The average molecular weight is 264 g/mol. The quantitative estimate of drug-likeness (QED) is 0.590. The third-order valence-electron chi connectivity index (χ3n) is 2.15. The fourth-order valence-electron chi connectivity index (χ4n) is 1.23. The van der Waals surface area contributed by atoms with Gasteiger partial charge in [0, 0.05) is 13.7 Å². The van der Waals surface area contributed by atoms with Gasteiger partial charge in [0.25, 0.3) is 0 Å². The molecule has 3 N–H and O–H groups in total. The van der Waals surface area contributed by atoms with Crippen LogP contribution in [0.5, 0.6) is 0 Å². The molecule has 17 heavy (non-hydrogen) atoms. The van der Waals surface area contributed by atoms with Crippen LogP contribution in [0.15, 0.2) is 0 Å². The zero-order valence-electron chi connectivity index (χ0n) is 10.2. The van der Waals surface area contributed by atoms with Gasteiger partial charge in [0.05, 0.1) is 12.6 Å². The molecule has 0 aliphatic rings. The molecule has 0 aromatic heterocycles. The molecule has 0 saturated heterocycles. The number of rotatable bonds is 9. The van der Waals surface area contributed by atoms with E-state index in [0.29, 0.717) is 13.0 Å². The maximum absolute atomic E-state index is 11.9. The van der Waals surface area contributed by atoms with Crippen LogP contribution in [0.25, 0.3) is 0 Å². The van der Waals surface area contributed by atoms with Crippen molar-refractivity contribution < 1.29 is 19.4 Å². The molecular formula is C10H20N2O4S. The summed E-state index contributed by atoms with van der Waals surface area (Å²) in [7, 11) is 1.50. The molecule has 0 heterocycles. The zero-order valence-corrected chi connectivity index (χ0v) is 11.0. The van der Waals surface area contributed by atoms with E-state index in [0.717, 1.165) is 5.75 Å². The summed E-state index contributed by atoms with van der Waals surface area (Å²) in [4.78, 5) is 23.7. The van der Waals surface area contributed by atoms with Gasteiger partial charge in [-0.2, -0.15) is 11.8 Å². The molecule has 0 aromatic rings. The second kappa shape index (κ2) is 9.26. The van der Waals surface area contributed by atoms with Crippen molar-refractivity contribution in [2.75, 3.05) is 38.8 Å². The van der Waals surface area contributed by atoms with Crippen LogP contribution in [-0.2, 0) is 14.3 Å². The van der Waals surface area contributed by atoms with Crippen molar-refractivity contribution in [1.82, 2.24) is 4.90 Å². The number of carbonyl (C=O) groups is 2. The summed E-state index contributed by atoms with van der Waals surface area (Å²) < 4.78 is 4.83. The number of nitrogens with two attached hydrogens (primary N) is 1. The van der Waals surface area contributed by atoms with Gasteiger partial charge in [-0.25, -0.2) is 0 Å². The minimum atomic E-state index is -1.05. The number of hydrogen-bond acceptors (Lipinski definition) is 5. The van der Waals surface area contributed by atoms with Crippen LogP contribution >= 0.6 is 11.8 Å². The number of nitrogens with zero attached hydrogens (tertiary/aromatic N) is 1. The van der Waals surface area contributed by atoms with Crippen molar-refractivity contribution in [3.8, 4) is 0 Å². The van der Waals surface area contributed by atoms with E-state index >= 15 is 0 Å². The van der Waals surface area contributed by atoms with Crippen molar-refractivity contribution in [1.29, 1.82) is 0 Å². The first-order valence-corrected chi connectivity index (χ1v) is 6.66. The van der Waals surface area contributed by atoms with Crippen molar-refractivity contribution in [2.24, 2.45) is 5.73 Å². The fourth-order valence-corrected chi connectivity index (χ4v) is 1.72. The minimum Gasteiger partial charge on any atom is -0.480 e. The number of carboxylic acids is 1. The first-order valence-electron chi connectivity index (χ1n) is 5.27. The molecule has 0 aromatic carbocycles. The highest BCUT2D eigenvalue weighted by molar-refractivity contribution is 7.98. The largest absolute Gasteiger partial charge is 0.480 e.